The predicted molar refractivity (Wildman–Crippen MR) is 90.3 cm³/mol. The van der Waals surface area contributed by atoms with Crippen molar-refractivity contribution in [3.63, 3.8) is 0 Å². The number of carboxylic acids is 1. The molecule has 5 heteroatoms. The van der Waals surface area contributed by atoms with E-state index in [-0.39, 0.29) is 5.70 Å². The number of hydrogen-bond acceptors (Lipinski definition) is 4. The van der Waals surface area contributed by atoms with E-state index >= 15 is 0 Å². The lowest BCUT2D eigenvalue weighted by molar-refractivity contribution is -0.134. The van der Waals surface area contributed by atoms with Crippen molar-refractivity contribution < 1.29 is 9.90 Å². The van der Waals surface area contributed by atoms with E-state index in [2.05, 4.69) is 0 Å². The molecule has 0 saturated heterocycles. The van der Waals surface area contributed by atoms with Gasteiger partial charge in [-0.25, -0.2) is 4.79 Å². The van der Waals surface area contributed by atoms with Gasteiger partial charge in [0.05, 0.1) is 12.2 Å². The van der Waals surface area contributed by atoms with Crippen LogP contribution >= 0.6 is 11.3 Å². The average Bonchev–Trinajstić information content (AvgIpc) is 2.99. The molecule has 1 heterocycles. The zero-order chi connectivity index (χ0) is 16.1. The molecular weight excluding hydrogens is 296 g/mol. The number of likely N-dealkylation sites (N-methyl/N-ethyl adjacent to an activating group) is 1. The molecule has 2 aromatic rings. The number of hydrogen-bond donors (Lipinski definition) is 2. The second kappa shape index (κ2) is 7.13. The van der Waals surface area contributed by atoms with Gasteiger partial charge in [-0.2, -0.15) is 0 Å². The van der Waals surface area contributed by atoms with E-state index in [0.717, 1.165) is 22.4 Å². The van der Waals surface area contributed by atoms with Crippen LogP contribution in [0.4, 0.5) is 0 Å². The van der Waals surface area contributed by atoms with Crippen LogP contribution in [0.2, 0.25) is 0 Å². The molecule has 0 aliphatic rings. The van der Waals surface area contributed by atoms with Crippen LogP contribution in [-0.4, -0.2) is 23.0 Å². The van der Waals surface area contributed by atoms with Gasteiger partial charge in [-0.05, 0) is 23.4 Å². The molecule has 116 valence electrons. The Bertz CT molecular complexity index is 678. The highest BCUT2D eigenvalue weighted by atomic mass is 32.1. The molecule has 0 radical (unpaired) electrons. The zero-order valence-corrected chi connectivity index (χ0v) is 13.6. The van der Waals surface area contributed by atoms with Crippen molar-refractivity contribution in [1.29, 1.82) is 0 Å². The summed E-state index contributed by atoms with van der Waals surface area (Å²) in [6.07, 6.45) is 0.804. The van der Waals surface area contributed by atoms with Crippen LogP contribution in [0.5, 0.6) is 0 Å². The van der Waals surface area contributed by atoms with E-state index in [4.69, 9.17) is 5.73 Å². The quantitative estimate of drug-likeness (QED) is 0.803. The highest BCUT2D eigenvalue weighted by Crippen LogP contribution is 2.22. The Morgan fingerprint density at radius 1 is 1.27 bits per heavy atom. The van der Waals surface area contributed by atoms with Crippen molar-refractivity contribution in [2.24, 2.45) is 5.73 Å². The Morgan fingerprint density at radius 2 is 2.00 bits per heavy atom. The number of nitrogens with zero attached hydrogens (tertiary/aromatic N) is 1. The van der Waals surface area contributed by atoms with E-state index in [0.29, 0.717) is 12.2 Å². The largest absolute Gasteiger partial charge is 0.477 e. The molecule has 0 atom stereocenters. The number of rotatable bonds is 6. The second-order valence-corrected chi connectivity index (χ2v) is 6.05. The van der Waals surface area contributed by atoms with E-state index in [1.54, 1.807) is 23.3 Å². The summed E-state index contributed by atoms with van der Waals surface area (Å²) in [5.74, 6) is -1.01. The Labute approximate surface area is 134 Å². The molecule has 0 aliphatic carbocycles. The van der Waals surface area contributed by atoms with Gasteiger partial charge >= 0.3 is 5.97 Å². The fourth-order valence-electron chi connectivity index (χ4n) is 2.42. The van der Waals surface area contributed by atoms with E-state index in [1.807, 2.05) is 48.7 Å². The molecule has 3 N–H and O–H groups in total. The zero-order valence-electron chi connectivity index (χ0n) is 12.7. The smallest absolute Gasteiger partial charge is 0.354 e. The molecule has 1 aromatic carbocycles. The van der Waals surface area contributed by atoms with Crippen LogP contribution in [-0.2, 0) is 17.8 Å². The van der Waals surface area contributed by atoms with Gasteiger partial charge in [-0.3, -0.25) is 0 Å². The van der Waals surface area contributed by atoms with Gasteiger partial charge in [0.1, 0.15) is 5.70 Å². The Morgan fingerprint density at radius 3 is 2.59 bits per heavy atom. The minimum atomic E-state index is -1.01. The summed E-state index contributed by atoms with van der Waals surface area (Å²) >= 11 is 1.60. The van der Waals surface area contributed by atoms with Crippen LogP contribution in [0.3, 0.4) is 0 Å². The number of benzene rings is 1. The molecule has 0 spiro atoms. The van der Waals surface area contributed by atoms with Crippen LogP contribution in [0.1, 0.15) is 22.9 Å². The summed E-state index contributed by atoms with van der Waals surface area (Å²) in [5, 5.41) is 11.6. The molecule has 0 fully saturated rings. The maximum Gasteiger partial charge on any atom is 0.354 e. The number of nitrogens with two attached hydrogens (primary N) is 1. The molecule has 0 bridgehead atoms. The number of carboxylic acid groups (broad SMARTS) is 1. The van der Waals surface area contributed by atoms with Gasteiger partial charge < -0.3 is 15.7 Å². The molecule has 1 aromatic heterocycles. The SMILES string of the molecule is CCc1ccccc1C(N)=C(C(=O)O)N(C)Cc1cccs1. The number of aryl methyl sites for hydroxylation is 1. The van der Waals surface area contributed by atoms with Crippen molar-refractivity contribution in [3.8, 4) is 0 Å². The number of carbonyl (C=O) groups is 1. The second-order valence-electron chi connectivity index (χ2n) is 5.01. The van der Waals surface area contributed by atoms with Gasteiger partial charge in [0.2, 0.25) is 0 Å². The fourth-order valence-corrected chi connectivity index (χ4v) is 3.18. The normalized spacial score (nSPS) is 11.9. The lowest BCUT2D eigenvalue weighted by Gasteiger charge is -2.22. The van der Waals surface area contributed by atoms with Gasteiger partial charge in [-0.1, -0.05) is 37.3 Å². The first-order valence-corrected chi connectivity index (χ1v) is 7.97. The first kappa shape index (κ1) is 16.1. The van der Waals surface area contributed by atoms with Crippen LogP contribution in [0.15, 0.2) is 47.5 Å². The highest BCUT2D eigenvalue weighted by molar-refractivity contribution is 7.09. The lowest BCUT2D eigenvalue weighted by Crippen LogP contribution is -2.26. The van der Waals surface area contributed by atoms with Gasteiger partial charge in [0.15, 0.2) is 0 Å². The average molecular weight is 316 g/mol. The van der Waals surface area contributed by atoms with Gasteiger partial charge in [-0.15, -0.1) is 11.3 Å². The van der Waals surface area contributed by atoms with Crippen molar-refractivity contribution in [1.82, 2.24) is 4.90 Å². The summed E-state index contributed by atoms with van der Waals surface area (Å²) in [7, 11) is 1.75. The van der Waals surface area contributed by atoms with Crippen molar-refractivity contribution in [2.45, 2.75) is 19.9 Å². The first-order valence-electron chi connectivity index (χ1n) is 7.09. The standard InChI is InChI=1S/C17H20N2O2S/c1-3-12-7-4-5-9-14(12)15(18)16(17(20)21)19(2)11-13-8-6-10-22-13/h4-10H,3,11,18H2,1-2H3,(H,20,21). The minimum absolute atomic E-state index is 0.134. The summed E-state index contributed by atoms with van der Waals surface area (Å²) < 4.78 is 0. The minimum Gasteiger partial charge on any atom is -0.477 e. The van der Waals surface area contributed by atoms with Crippen molar-refractivity contribution >= 4 is 23.0 Å². The molecule has 4 nitrogen and oxygen atoms in total. The van der Waals surface area contributed by atoms with Gasteiger partial charge in [0.25, 0.3) is 0 Å². The van der Waals surface area contributed by atoms with Crippen LogP contribution in [0.25, 0.3) is 5.70 Å². The van der Waals surface area contributed by atoms with Crippen LogP contribution < -0.4 is 5.73 Å². The monoisotopic (exact) mass is 316 g/mol. The van der Waals surface area contributed by atoms with E-state index in [9.17, 15) is 9.90 Å². The Balaban J connectivity index is 2.42. The molecule has 2 rings (SSSR count). The lowest BCUT2D eigenvalue weighted by atomic mass is 10.0. The van der Waals surface area contributed by atoms with Crippen molar-refractivity contribution in [3.05, 3.63) is 63.5 Å². The summed E-state index contributed by atoms with van der Waals surface area (Å²) in [5.41, 5.74) is 8.49. The topological polar surface area (TPSA) is 66.6 Å². The molecule has 0 saturated carbocycles. The molecule has 22 heavy (non-hydrogen) atoms. The maximum absolute atomic E-state index is 11.7. The number of aliphatic carboxylic acids is 1. The van der Waals surface area contributed by atoms with Gasteiger partial charge in [0, 0.05) is 17.5 Å². The molecule has 0 aliphatic heterocycles. The van der Waals surface area contributed by atoms with Crippen LogP contribution in [0, 0.1) is 0 Å². The maximum atomic E-state index is 11.7. The third-order valence-electron chi connectivity index (χ3n) is 3.50. The first-order chi connectivity index (χ1) is 10.5. The molecular formula is C17H20N2O2S. The van der Waals surface area contributed by atoms with E-state index < -0.39 is 5.97 Å². The fraction of sp³-hybridized carbons (Fsp3) is 0.235. The Kier molecular flexibility index (Phi) is 5.22. The molecule has 0 unspecified atom stereocenters. The Hall–Kier alpha value is -2.27. The third kappa shape index (κ3) is 3.49. The van der Waals surface area contributed by atoms with Crippen molar-refractivity contribution in [2.75, 3.05) is 7.05 Å². The summed E-state index contributed by atoms with van der Waals surface area (Å²) in [4.78, 5) is 14.5. The summed E-state index contributed by atoms with van der Waals surface area (Å²) in [6.45, 7) is 2.55. The third-order valence-corrected chi connectivity index (χ3v) is 4.36. The summed E-state index contributed by atoms with van der Waals surface area (Å²) in [6, 6.07) is 11.6. The predicted octanol–water partition coefficient (Wildman–Crippen LogP) is 3.15. The number of thiophene rings is 1. The molecule has 0 amide bonds. The van der Waals surface area contributed by atoms with E-state index in [1.165, 1.54) is 0 Å². The highest BCUT2D eigenvalue weighted by Gasteiger charge is 2.20.